The Kier molecular flexibility index (Phi) is 5.95. The van der Waals surface area contributed by atoms with Gasteiger partial charge in [0.15, 0.2) is 0 Å². The predicted molar refractivity (Wildman–Crippen MR) is 75.1 cm³/mol. The van der Waals surface area contributed by atoms with Crippen molar-refractivity contribution in [3.8, 4) is 0 Å². The molecule has 0 aromatic rings. The number of amides is 1. The molecule has 4 N–H and O–H groups in total. The number of aliphatic hydroxyl groups is 3. The summed E-state index contributed by atoms with van der Waals surface area (Å²) in [5.41, 5.74) is 0. The van der Waals surface area contributed by atoms with Crippen molar-refractivity contribution in [3.05, 3.63) is 0 Å². The van der Waals surface area contributed by atoms with Gasteiger partial charge in [0.25, 0.3) is 0 Å². The Morgan fingerprint density at radius 3 is 2.48 bits per heavy atom. The van der Waals surface area contributed by atoms with Gasteiger partial charge in [0.05, 0.1) is 19.3 Å². The molecule has 2 aliphatic rings. The average molecular weight is 302 g/mol. The van der Waals surface area contributed by atoms with Gasteiger partial charge in [0.2, 0.25) is 5.91 Å². The first-order chi connectivity index (χ1) is 10.0. The molecule has 1 saturated carbocycles. The van der Waals surface area contributed by atoms with Crippen LogP contribution in [-0.2, 0) is 9.63 Å². The van der Waals surface area contributed by atoms with Crippen LogP contribution in [0.5, 0.6) is 0 Å². The SMILES string of the molecule is CON1CCC(CC(=O)N[C@@H]2C[C@H](CO)[C@@H](O)[C@H]2O)CC1. The number of hydrogen-bond acceptors (Lipinski definition) is 6. The van der Waals surface area contributed by atoms with Crippen molar-refractivity contribution >= 4 is 5.91 Å². The minimum absolute atomic E-state index is 0.0966. The summed E-state index contributed by atoms with van der Waals surface area (Å²) in [5.74, 6) is -0.135. The van der Waals surface area contributed by atoms with Crippen molar-refractivity contribution in [2.75, 3.05) is 26.8 Å². The van der Waals surface area contributed by atoms with Crippen LogP contribution in [0.1, 0.15) is 25.7 Å². The van der Waals surface area contributed by atoms with Crippen LogP contribution in [0.2, 0.25) is 0 Å². The maximum absolute atomic E-state index is 12.1. The summed E-state index contributed by atoms with van der Waals surface area (Å²) < 4.78 is 0. The average Bonchev–Trinajstić information content (AvgIpc) is 2.76. The molecule has 0 radical (unpaired) electrons. The van der Waals surface area contributed by atoms with Gasteiger partial charge in [0, 0.05) is 32.0 Å². The summed E-state index contributed by atoms with van der Waals surface area (Å²) in [6, 6.07) is -0.469. The van der Waals surface area contributed by atoms with Crippen molar-refractivity contribution in [1.29, 1.82) is 0 Å². The Labute approximate surface area is 124 Å². The van der Waals surface area contributed by atoms with Gasteiger partial charge in [-0.1, -0.05) is 0 Å². The van der Waals surface area contributed by atoms with E-state index in [1.165, 1.54) is 0 Å². The molecule has 2 fully saturated rings. The van der Waals surface area contributed by atoms with Crippen molar-refractivity contribution in [2.24, 2.45) is 11.8 Å². The molecular weight excluding hydrogens is 276 g/mol. The highest BCUT2D eigenvalue weighted by atomic mass is 16.7. The second-order valence-corrected chi connectivity index (χ2v) is 6.09. The Balaban J connectivity index is 1.75. The van der Waals surface area contributed by atoms with Crippen LogP contribution in [0.3, 0.4) is 0 Å². The number of piperidine rings is 1. The summed E-state index contributed by atoms with van der Waals surface area (Å²) in [6.07, 6.45) is 0.701. The zero-order valence-electron chi connectivity index (χ0n) is 12.4. The van der Waals surface area contributed by atoms with Gasteiger partial charge >= 0.3 is 0 Å². The van der Waals surface area contributed by atoms with Crippen molar-refractivity contribution < 1.29 is 25.0 Å². The number of hydroxylamine groups is 2. The van der Waals surface area contributed by atoms with E-state index in [9.17, 15) is 15.0 Å². The summed E-state index contributed by atoms with van der Waals surface area (Å²) in [7, 11) is 1.65. The van der Waals surface area contributed by atoms with E-state index in [1.807, 2.05) is 5.06 Å². The van der Waals surface area contributed by atoms with E-state index >= 15 is 0 Å². The number of rotatable bonds is 5. The maximum Gasteiger partial charge on any atom is 0.220 e. The fraction of sp³-hybridized carbons (Fsp3) is 0.929. The van der Waals surface area contributed by atoms with Crippen molar-refractivity contribution in [1.82, 2.24) is 10.4 Å². The third-order valence-corrected chi connectivity index (χ3v) is 4.69. The highest BCUT2D eigenvalue weighted by Gasteiger charge is 2.41. The molecule has 7 nitrogen and oxygen atoms in total. The van der Waals surface area contributed by atoms with Crippen LogP contribution in [-0.4, -0.2) is 71.3 Å². The maximum atomic E-state index is 12.1. The minimum Gasteiger partial charge on any atom is -0.396 e. The molecular formula is C14H26N2O5. The molecule has 122 valence electrons. The van der Waals surface area contributed by atoms with E-state index < -0.39 is 18.2 Å². The van der Waals surface area contributed by atoms with E-state index in [4.69, 9.17) is 9.94 Å². The van der Waals surface area contributed by atoms with Gasteiger partial charge < -0.3 is 25.5 Å². The highest BCUT2D eigenvalue weighted by Crippen LogP contribution is 2.27. The molecule has 0 bridgehead atoms. The fourth-order valence-corrected chi connectivity index (χ4v) is 3.27. The fourth-order valence-electron chi connectivity index (χ4n) is 3.27. The van der Waals surface area contributed by atoms with E-state index in [-0.39, 0.29) is 18.4 Å². The number of hydrogen-bond donors (Lipinski definition) is 4. The van der Waals surface area contributed by atoms with Gasteiger partial charge in [-0.05, 0) is 25.2 Å². The molecule has 1 heterocycles. The monoisotopic (exact) mass is 302 g/mol. The van der Waals surface area contributed by atoms with Gasteiger partial charge in [0.1, 0.15) is 6.10 Å². The van der Waals surface area contributed by atoms with Crippen LogP contribution in [0.15, 0.2) is 0 Å². The third-order valence-electron chi connectivity index (χ3n) is 4.69. The molecule has 7 heteroatoms. The smallest absolute Gasteiger partial charge is 0.220 e. The van der Waals surface area contributed by atoms with E-state index in [2.05, 4.69) is 5.32 Å². The summed E-state index contributed by atoms with van der Waals surface area (Å²) in [6.45, 7) is 1.47. The first kappa shape index (κ1) is 16.6. The molecule has 1 amide bonds. The van der Waals surface area contributed by atoms with Crippen LogP contribution >= 0.6 is 0 Å². The zero-order valence-corrected chi connectivity index (χ0v) is 12.4. The molecule has 2 rings (SSSR count). The molecule has 4 atom stereocenters. The molecule has 0 aromatic heterocycles. The Morgan fingerprint density at radius 2 is 1.95 bits per heavy atom. The summed E-state index contributed by atoms with van der Waals surface area (Å²) in [4.78, 5) is 17.2. The van der Waals surface area contributed by atoms with E-state index in [1.54, 1.807) is 7.11 Å². The first-order valence-electron chi connectivity index (χ1n) is 7.60. The Morgan fingerprint density at radius 1 is 1.29 bits per heavy atom. The predicted octanol–water partition coefficient (Wildman–Crippen LogP) is -1.13. The minimum atomic E-state index is -0.999. The summed E-state index contributed by atoms with van der Waals surface area (Å²) >= 11 is 0. The number of nitrogens with one attached hydrogen (secondary N) is 1. The zero-order chi connectivity index (χ0) is 15.4. The first-order valence-corrected chi connectivity index (χ1v) is 7.60. The van der Waals surface area contributed by atoms with Crippen LogP contribution in [0, 0.1) is 11.8 Å². The van der Waals surface area contributed by atoms with Gasteiger partial charge in [-0.2, -0.15) is 5.06 Å². The van der Waals surface area contributed by atoms with Gasteiger partial charge in [-0.15, -0.1) is 0 Å². The normalized spacial score (nSPS) is 35.0. The lowest BCUT2D eigenvalue weighted by molar-refractivity contribution is -0.150. The second kappa shape index (κ2) is 7.51. The lowest BCUT2D eigenvalue weighted by atomic mass is 9.94. The van der Waals surface area contributed by atoms with E-state index in [0.29, 0.717) is 18.8 Å². The number of aliphatic hydroxyl groups excluding tert-OH is 3. The molecule has 21 heavy (non-hydrogen) atoms. The molecule has 1 aliphatic heterocycles. The standard InChI is InChI=1S/C14H26N2O5/c1-21-16-4-2-9(3-5-16)6-12(18)15-11-7-10(8-17)13(19)14(11)20/h9-11,13-14,17,19-20H,2-8H2,1H3,(H,15,18)/t10-,11-,13-,14+/m1/s1. The molecule has 1 aliphatic carbocycles. The molecule has 1 saturated heterocycles. The van der Waals surface area contributed by atoms with Crippen molar-refractivity contribution in [3.63, 3.8) is 0 Å². The quantitative estimate of drug-likeness (QED) is 0.512. The Hall–Kier alpha value is -0.730. The second-order valence-electron chi connectivity index (χ2n) is 6.09. The number of nitrogens with zero attached hydrogens (tertiary/aromatic N) is 1. The molecule has 0 aromatic carbocycles. The third kappa shape index (κ3) is 4.14. The van der Waals surface area contributed by atoms with Crippen LogP contribution in [0.25, 0.3) is 0 Å². The topological polar surface area (TPSA) is 102 Å². The van der Waals surface area contributed by atoms with Gasteiger partial charge in [-0.3, -0.25) is 4.79 Å². The van der Waals surface area contributed by atoms with Crippen LogP contribution in [0.4, 0.5) is 0 Å². The largest absolute Gasteiger partial charge is 0.396 e. The lowest BCUT2D eigenvalue weighted by Crippen LogP contribution is -2.44. The Bertz CT molecular complexity index is 346. The summed E-state index contributed by atoms with van der Waals surface area (Å²) in [5, 5.41) is 33.4. The van der Waals surface area contributed by atoms with E-state index in [0.717, 1.165) is 25.9 Å². The van der Waals surface area contributed by atoms with Crippen molar-refractivity contribution in [2.45, 2.75) is 43.9 Å². The lowest BCUT2D eigenvalue weighted by Gasteiger charge is -2.30. The molecule has 0 unspecified atom stereocenters. The number of carbonyl (C=O) groups is 1. The van der Waals surface area contributed by atoms with Crippen LogP contribution < -0.4 is 5.32 Å². The molecule has 0 spiro atoms. The number of carbonyl (C=O) groups excluding carboxylic acids is 1. The highest BCUT2D eigenvalue weighted by molar-refractivity contribution is 5.76. The van der Waals surface area contributed by atoms with Gasteiger partial charge in [-0.25, -0.2) is 0 Å².